The number of para-hydroxylation sites is 1. The van der Waals surface area contributed by atoms with Gasteiger partial charge in [0, 0.05) is 10.0 Å². The Balaban J connectivity index is 1.73. The van der Waals surface area contributed by atoms with Crippen LogP contribution in [0.3, 0.4) is 0 Å². The van der Waals surface area contributed by atoms with E-state index >= 15 is 0 Å². The van der Waals surface area contributed by atoms with Gasteiger partial charge in [0.05, 0.1) is 16.9 Å². The van der Waals surface area contributed by atoms with Crippen molar-refractivity contribution in [3.8, 4) is 0 Å². The smallest absolute Gasteiger partial charge is 0.399 e. The van der Waals surface area contributed by atoms with Crippen LogP contribution in [-0.2, 0) is 9.31 Å². The van der Waals surface area contributed by atoms with E-state index < -0.39 is 7.12 Å². The minimum Gasteiger partial charge on any atom is -0.399 e. The van der Waals surface area contributed by atoms with Gasteiger partial charge in [0.1, 0.15) is 0 Å². The first-order chi connectivity index (χ1) is 11.7. The van der Waals surface area contributed by atoms with E-state index in [2.05, 4.69) is 21.2 Å². The molecule has 4 nitrogen and oxygen atoms in total. The Morgan fingerprint density at radius 2 is 1.52 bits per heavy atom. The van der Waals surface area contributed by atoms with Crippen LogP contribution in [0.2, 0.25) is 0 Å². The van der Waals surface area contributed by atoms with E-state index in [1.807, 2.05) is 64.1 Å². The maximum Gasteiger partial charge on any atom is 0.494 e. The summed E-state index contributed by atoms with van der Waals surface area (Å²) in [7, 11) is -0.426. The third kappa shape index (κ3) is 3.66. The standard InChI is InChI=1S/C19H21BBrNO3/c1-18(2)19(3,4)25-20(24-18)14-11-9-13(10-12-14)17(23)22-16-8-6-5-7-15(16)21/h5-12H,1-4H3,(H,22,23). The molecule has 0 bridgehead atoms. The molecule has 0 atom stereocenters. The lowest BCUT2D eigenvalue weighted by Crippen LogP contribution is -2.41. The molecule has 1 saturated heterocycles. The number of rotatable bonds is 3. The highest BCUT2D eigenvalue weighted by molar-refractivity contribution is 9.10. The molecule has 0 saturated carbocycles. The summed E-state index contributed by atoms with van der Waals surface area (Å²) < 4.78 is 12.9. The van der Waals surface area contributed by atoms with Crippen molar-refractivity contribution in [3.63, 3.8) is 0 Å². The summed E-state index contributed by atoms with van der Waals surface area (Å²) >= 11 is 3.43. The van der Waals surface area contributed by atoms with E-state index in [1.165, 1.54) is 0 Å². The monoisotopic (exact) mass is 401 g/mol. The van der Waals surface area contributed by atoms with Gasteiger partial charge in [0.2, 0.25) is 0 Å². The van der Waals surface area contributed by atoms with E-state index in [9.17, 15) is 4.79 Å². The lowest BCUT2D eigenvalue weighted by Gasteiger charge is -2.32. The van der Waals surface area contributed by atoms with Crippen LogP contribution in [0, 0.1) is 0 Å². The molecule has 1 aliphatic rings. The summed E-state index contributed by atoms with van der Waals surface area (Å²) in [5, 5.41) is 2.89. The normalized spacial score (nSPS) is 18.2. The highest BCUT2D eigenvalue weighted by Crippen LogP contribution is 2.36. The van der Waals surface area contributed by atoms with Crippen molar-refractivity contribution >= 4 is 40.1 Å². The summed E-state index contributed by atoms with van der Waals surface area (Å²) in [6.45, 7) is 8.08. The molecule has 0 unspecified atom stereocenters. The van der Waals surface area contributed by atoms with Gasteiger partial charge in [0.15, 0.2) is 0 Å². The summed E-state index contributed by atoms with van der Waals surface area (Å²) in [5.74, 6) is -0.160. The van der Waals surface area contributed by atoms with Gasteiger partial charge in [-0.25, -0.2) is 0 Å². The van der Waals surface area contributed by atoms with Gasteiger partial charge >= 0.3 is 7.12 Å². The fourth-order valence-electron chi connectivity index (χ4n) is 2.53. The fraction of sp³-hybridized carbons (Fsp3) is 0.316. The van der Waals surface area contributed by atoms with Gasteiger partial charge in [0.25, 0.3) is 5.91 Å². The third-order valence-electron chi connectivity index (χ3n) is 4.82. The van der Waals surface area contributed by atoms with Gasteiger partial charge in [-0.05, 0) is 73.4 Å². The maximum absolute atomic E-state index is 12.4. The zero-order chi connectivity index (χ0) is 18.2. The first-order valence-electron chi connectivity index (χ1n) is 8.21. The number of anilines is 1. The molecule has 1 heterocycles. The van der Waals surface area contributed by atoms with E-state index in [1.54, 1.807) is 12.1 Å². The lowest BCUT2D eigenvalue weighted by molar-refractivity contribution is 0.00578. The van der Waals surface area contributed by atoms with E-state index in [0.717, 1.165) is 15.6 Å². The average Bonchev–Trinajstić information content (AvgIpc) is 2.78. The number of hydrogen-bond donors (Lipinski definition) is 1. The maximum atomic E-state index is 12.4. The van der Waals surface area contributed by atoms with E-state index in [-0.39, 0.29) is 17.1 Å². The Labute approximate surface area is 157 Å². The van der Waals surface area contributed by atoms with Gasteiger partial charge in [-0.3, -0.25) is 4.79 Å². The van der Waals surface area contributed by atoms with Crippen molar-refractivity contribution in [1.82, 2.24) is 0 Å². The number of carbonyl (C=O) groups is 1. The van der Waals surface area contributed by atoms with E-state index in [4.69, 9.17) is 9.31 Å². The summed E-state index contributed by atoms with van der Waals surface area (Å²) in [4.78, 5) is 12.4. The van der Waals surface area contributed by atoms with Crippen molar-refractivity contribution in [2.75, 3.05) is 5.32 Å². The molecule has 0 aliphatic carbocycles. The largest absolute Gasteiger partial charge is 0.494 e. The first kappa shape index (κ1) is 18.2. The van der Waals surface area contributed by atoms with Crippen molar-refractivity contribution < 1.29 is 14.1 Å². The number of halogens is 1. The Hall–Kier alpha value is -1.63. The number of benzene rings is 2. The predicted octanol–water partition coefficient (Wildman–Crippen LogP) is 4.00. The van der Waals surface area contributed by atoms with Gasteiger partial charge in [-0.15, -0.1) is 0 Å². The first-order valence-corrected chi connectivity index (χ1v) is 9.00. The molecular formula is C19H21BBrNO3. The minimum atomic E-state index is -0.426. The quantitative estimate of drug-likeness (QED) is 0.790. The Bertz CT molecular complexity index is 774. The molecule has 2 aromatic carbocycles. The third-order valence-corrected chi connectivity index (χ3v) is 5.51. The molecule has 25 heavy (non-hydrogen) atoms. The second kappa shape index (κ2) is 6.59. The molecule has 1 amide bonds. The summed E-state index contributed by atoms with van der Waals surface area (Å²) in [5.41, 5.74) is 1.45. The van der Waals surface area contributed by atoms with Crippen LogP contribution in [0.15, 0.2) is 53.0 Å². The molecular weight excluding hydrogens is 381 g/mol. The molecule has 130 valence electrons. The topological polar surface area (TPSA) is 47.6 Å². The van der Waals surface area contributed by atoms with Crippen molar-refractivity contribution in [2.45, 2.75) is 38.9 Å². The molecule has 0 spiro atoms. The highest BCUT2D eigenvalue weighted by Gasteiger charge is 2.51. The summed E-state index contributed by atoms with van der Waals surface area (Å²) in [6.07, 6.45) is 0. The van der Waals surface area contributed by atoms with Crippen molar-refractivity contribution in [1.29, 1.82) is 0 Å². The Kier molecular flexibility index (Phi) is 4.79. The summed E-state index contributed by atoms with van der Waals surface area (Å²) in [6, 6.07) is 14.8. The predicted molar refractivity (Wildman–Crippen MR) is 104 cm³/mol. The van der Waals surface area contributed by atoms with Crippen LogP contribution in [-0.4, -0.2) is 24.2 Å². The van der Waals surface area contributed by atoms with Crippen LogP contribution < -0.4 is 10.8 Å². The number of hydrogen-bond acceptors (Lipinski definition) is 3. The zero-order valence-electron chi connectivity index (χ0n) is 14.8. The molecule has 0 aromatic heterocycles. The second-order valence-corrected chi connectivity index (χ2v) is 8.00. The van der Waals surface area contributed by atoms with Gasteiger partial charge < -0.3 is 14.6 Å². The minimum absolute atomic E-state index is 0.160. The van der Waals surface area contributed by atoms with Crippen LogP contribution in [0.25, 0.3) is 0 Å². The number of carbonyl (C=O) groups excluding carboxylic acids is 1. The zero-order valence-corrected chi connectivity index (χ0v) is 16.4. The van der Waals surface area contributed by atoms with Crippen LogP contribution in [0.1, 0.15) is 38.1 Å². The molecule has 1 fully saturated rings. The van der Waals surface area contributed by atoms with Crippen LogP contribution in [0.5, 0.6) is 0 Å². The SMILES string of the molecule is CC1(C)OB(c2ccc(C(=O)Nc3ccccc3Br)cc2)OC1(C)C. The highest BCUT2D eigenvalue weighted by atomic mass is 79.9. The molecule has 3 rings (SSSR count). The number of nitrogens with one attached hydrogen (secondary N) is 1. The van der Waals surface area contributed by atoms with Crippen molar-refractivity contribution in [2.24, 2.45) is 0 Å². The molecule has 1 N–H and O–H groups in total. The number of amides is 1. The fourth-order valence-corrected chi connectivity index (χ4v) is 2.91. The molecule has 2 aromatic rings. The van der Waals surface area contributed by atoms with Gasteiger partial charge in [-0.1, -0.05) is 24.3 Å². The molecule has 0 radical (unpaired) electrons. The lowest BCUT2D eigenvalue weighted by atomic mass is 9.79. The van der Waals surface area contributed by atoms with Crippen LogP contribution >= 0.6 is 15.9 Å². The van der Waals surface area contributed by atoms with E-state index in [0.29, 0.717) is 5.56 Å². The van der Waals surface area contributed by atoms with Crippen molar-refractivity contribution in [3.05, 3.63) is 58.6 Å². The average molecular weight is 402 g/mol. The Morgan fingerprint density at radius 1 is 0.960 bits per heavy atom. The Morgan fingerprint density at radius 3 is 2.08 bits per heavy atom. The molecule has 6 heteroatoms. The van der Waals surface area contributed by atoms with Gasteiger partial charge in [-0.2, -0.15) is 0 Å². The molecule has 1 aliphatic heterocycles. The second-order valence-electron chi connectivity index (χ2n) is 7.14. The van der Waals surface area contributed by atoms with Crippen LogP contribution in [0.4, 0.5) is 5.69 Å².